The molecule has 1 amide bonds. The Morgan fingerprint density at radius 2 is 2.00 bits per heavy atom. The molecule has 0 saturated carbocycles. The molecule has 1 fully saturated rings. The molecule has 0 aliphatic carbocycles. The van der Waals surface area contributed by atoms with Crippen LogP contribution in [0.15, 0.2) is 29.3 Å². The van der Waals surface area contributed by atoms with E-state index in [2.05, 4.69) is 15.6 Å². The monoisotopic (exact) mass is 348 g/mol. The number of nitrogens with zero attached hydrogens (tertiary/aromatic N) is 2. The number of carbonyl (C=O) groups is 1. The van der Waals surface area contributed by atoms with Crippen LogP contribution >= 0.6 is 0 Å². The third-order valence-corrected chi connectivity index (χ3v) is 3.74. The van der Waals surface area contributed by atoms with Crippen molar-refractivity contribution < 1.29 is 14.3 Å². The maximum atomic E-state index is 11.9. The molecule has 7 nitrogen and oxygen atoms in total. The number of hydrogen-bond acceptors (Lipinski definition) is 4. The maximum Gasteiger partial charge on any atom is 0.410 e. The average molecular weight is 348 g/mol. The van der Waals surface area contributed by atoms with Crippen LogP contribution in [0.4, 0.5) is 4.79 Å². The van der Waals surface area contributed by atoms with Gasteiger partial charge in [0.05, 0.1) is 13.2 Å². The van der Waals surface area contributed by atoms with Gasteiger partial charge in [0.25, 0.3) is 0 Å². The molecule has 7 heteroatoms. The number of para-hydroxylation sites is 1. The molecule has 25 heavy (non-hydrogen) atoms. The van der Waals surface area contributed by atoms with Crippen molar-refractivity contribution in [2.45, 2.75) is 39.0 Å². The van der Waals surface area contributed by atoms with Gasteiger partial charge >= 0.3 is 6.09 Å². The summed E-state index contributed by atoms with van der Waals surface area (Å²) in [7, 11) is 3.38. The van der Waals surface area contributed by atoms with E-state index in [1.54, 1.807) is 19.1 Å². The second-order valence-corrected chi connectivity index (χ2v) is 6.96. The summed E-state index contributed by atoms with van der Waals surface area (Å²) in [5, 5.41) is 6.57. The molecule has 1 aromatic rings. The Morgan fingerprint density at radius 1 is 1.32 bits per heavy atom. The molecule has 0 atom stereocenters. The summed E-state index contributed by atoms with van der Waals surface area (Å²) in [4.78, 5) is 17.8. The number of benzene rings is 1. The Hall–Kier alpha value is -2.44. The first-order valence-corrected chi connectivity index (χ1v) is 8.39. The first-order valence-electron chi connectivity index (χ1n) is 8.39. The van der Waals surface area contributed by atoms with E-state index in [1.165, 1.54) is 0 Å². The van der Waals surface area contributed by atoms with E-state index in [0.717, 1.165) is 11.3 Å². The van der Waals surface area contributed by atoms with Gasteiger partial charge < -0.3 is 25.0 Å². The van der Waals surface area contributed by atoms with Gasteiger partial charge in [0.15, 0.2) is 5.96 Å². The van der Waals surface area contributed by atoms with Gasteiger partial charge in [-0.3, -0.25) is 4.99 Å². The smallest absolute Gasteiger partial charge is 0.410 e. The number of amides is 1. The van der Waals surface area contributed by atoms with Crippen LogP contribution < -0.4 is 15.4 Å². The highest BCUT2D eigenvalue weighted by molar-refractivity contribution is 5.80. The number of carbonyl (C=O) groups excluding carboxylic acids is 1. The average Bonchev–Trinajstić information content (AvgIpc) is 2.51. The molecule has 1 heterocycles. The fourth-order valence-electron chi connectivity index (χ4n) is 2.46. The van der Waals surface area contributed by atoms with Gasteiger partial charge in [0, 0.05) is 32.2 Å². The highest BCUT2D eigenvalue weighted by atomic mass is 16.6. The summed E-state index contributed by atoms with van der Waals surface area (Å²) < 4.78 is 10.7. The molecule has 0 bridgehead atoms. The quantitative estimate of drug-likeness (QED) is 0.643. The molecule has 0 radical (unpaired) electrons. The minimum atomic E-state index is -0.470. The minimum Gasteiger partial charge on any atom is -0.496 e. The lowest BCUT2D eigenvalue weighted by molar-refractivity contribution is 0.00701. The number of nitrogens with one attached hydrogen (secondary N) is 2. The number of guanidine groups is 1. The third-order valence-electron chi connectivity index (χ3n) is 3.74. The van der Waals surface area contributed by atoms with E-state index >= 15 is 0 Å². The van der Waals surface area contributed by atoms with Crippen molar-refractivity contribution >= 4 is 12.1 Å². The van der Waals surface area contributed by atoms with Crippen molar-refractivity contribution in [3.05, 3.63) is 29.8 Å². The van der Waals surface area contributed by atoms with Crippen LogP contribution in [0.3, 0.4) is 0 Å². The van der Waals surface area contributed by atoms with E-state index in [0.29, 0.717) is 25.6 Å². The summed E-state index contributed by atoms with van der Waals surface area (Å²) in [5.74, 6) is 1.53. The minimum absolute atomic E-state index is 0.163. The molecular weight excluding hydrogens is 320 g/mol. The Morgan fingerprint density at radius 3 is 2.60 bits per heavy atom. The number of likely N-dealkylation sites (tertiary alicyclic amines) is 1. The second-order valence-electron chi connectivity index (χ2n) is 6.96. The molecule has 0 spiro atoms. The van der Waals surface area contributed by atoms with E-state index < -0.39 is 5.60 Å². The van der Waals surface area contributed by atoms with Crippen LogP contribution in [-0.4, -0.2) is 55.8 Å². The van der Waals surface area contributed by atoms with Gasteiger partial charge in [0.2, 0.25) is 0 Å². The Labute approximate surface area is 149 Å². The number of hydrogen-bond donors (Lipinski definition) is 2. The highest BCUT2D eigenvalue weighted by Gasteiger charge is 2.34. The summed E-state index contributed by atoms with van der Waals surface area (Å²) in [5.41, 5.74) is 0.582. The van der Waals surface area contributed by atoms with Crippen molar-refractivity contribution in [3.8, 4) is 5.75 Å². The van der Waals surface area contributed by atoms with Crippen LogP contribution in [0.25, 0.3) is 0 Å². The van der Waals surface area contributed by atoms with Gasteiger partial charge in [-0.15, -0.1) is 0 Å². The molecule has 138 valence electrons. The topological polar surface area (TPSA) is 75.2 Å². The number of ether oxygens (including phenoxy) is 2. The molecule has 0 aromatic heterocycles. The van der Waals surface area contributed by atoms with Crippen molar-refractivity contribution in [1.29, 1.82) is 0 Å². The molecular formula is C18H28N4O3. The zero-order chi connectivity index (χ0) is 18.4. The molecule has 1 aromatic carbocycles. The van der Waals surface area contributed by atoms with Crippen LogP contribution in [0.2, 0.25) is 0 Å². The standard InChI is InChI=1S/C18H28N4O3/c1-18(2,3)25-17(23)22-11-14(12-22)21-16(19-4)20-10-13-8-6-7-9-15(13)24-5/h6-9,14H,10-12H2,1-5H3,(H2,19,20,21). The van der Waals surface area contributed by atoms with E-state index in [1.807, 2.05) is 45.0 Å². The molecule has 1 aliphatic heterocycles. The summed E-state index contributed by atoms with van der Waals surface area (Å²) in [6, 6.07) is 8.01. The predicted octanol–water partition coefficient (Wildman–Crippen LogP) is 1.98. The SMILES string of the molecule is CN=C(NCc1ccccc1OC)NC1CN(C(=O)OC(C)(C)C)C1. The molecule has 1 aliphatic rings. The first-order chi connectivity index (χ1) is 11.8. The van der Waals surface area contributed by atoms with Crippen LogP contribution in [-0.2, 0) is 11.3 Å². The lowest BCUT2D eigenvalue weighted by Gasteiger charge is -2.40. The Balaban J connectivity index is 1.78. The summed E-state index contributed by atoms with van der Waals surface area (Å²) in [6.07, 6.45) is -0.275. The van der Waals surface area contributed by atoms with Crippen LogP contribution in [0.1, 0.15) is 26.3 Å². The highest BCUT2D eigenvalue weighted by Crippen LogP contribution is 2.17. The van der Waals surface area contributed by atoms with Gasteiger partial charge in [-0.2, -0.15) is 0 Å². The largest absolute Gasteiger partial charge is 0.496 e. The van der Waals surface area contributed by atoms with E-state index in [4.69, 9.17) is 9.47 Å². The maximum absolute atomic E-state index is 11.9. The van der Waals surface area contributed by atoms with Crippen molar-refractivity contribution in [2.24, 2.45) is 4.99 Å². The lowest BCUT2D eigenvalue weighted by Crippen LogP contribution is -2.63. The van der Waals surface area contributed by atoms with Gasteiger partial charge in [0.1, 0.15) is 11.4 Å². The Kier molecular flexibility index (Phi) is 6.12. The van der Waals surface area contributed by atoms with Crippen molar-refractivity contribution in [2.75, 3.05) is 27.2 Å². The van der Waals surface area contributed by atoms with E-state index in [-0.39, 0.29) is 12.1 Å². The Bertz CT molecular complexity index is 619. The fraction of sp³-hybridized carbons (Fsp3) is 0.556. The molecule has 0 unspecified atom stereocenters. The number of rotatable bonds is 4. The van der Waals surface area contributed by atoms with E-state index in [9.17, 15) is 4.79 Å². The zero-order valence-electron chi connectivity index (χ0n) is 15.6. The normalized spacial score (nSPS) is 15.4. The molecule has 1 saturated heterocycles. The molecule has 2 rings (SSSR count). The van der Waals surface area contributed by atoms with Crippen LogP contribution in [0.5, 0.6) is 5.75 Å². The fourth-order valence-corrected chi connectivity index (χ4v) is 2.46. The lowest BCUT2D eigenvalue weighted by atomic mass is 10.1. The summed E-state index contributed by atoms with van der Waals surface area (Å²) >= 11 is 0. The van der Waals surface area contributed by atoms with Crippen molar-refractivity contribution in [1.82, 2.24) is 15.5 Å². The van der Waals surface area contributed by atoms with Crippen molar-refractivity contribution in [3.63, 3.8) is 0 Å². The third kappa shape index (κ3) is 5.55. The summed E-state index contributed by atoms with van der Waals surface area (Å²) in [6.45, 7) is 7.40. The first kappa shape index (κ1) is 18.9. The number of aliphatic imine (C=N–C) groups is 1. The van der Waals surface area contributed by atoms with Crippen LogP contribution in [0, 0.1) is 0 Å². The zero-order valence-corrected chi connectivity index (χ0v) is 15.6. The van der Waals surface area contributed by atoms with Gasteiger partial charge in [-0.1, -0.05) is 18.2 Å². The second kappa shape index (κ2) is 8.09. The predicted molar refractivity (Wildman–Crippen MR) is 97.9 cm³/mol. The number of methoxy groups -OCH3 is 1. The van der Waals surface area contributed by atoms with Gasteiger partial charge in [-0.05, 0) is 26.8 Å². The molecule has 2 N–H and O–H groups in total. The van der Waals surface area contributed by atoms with Gasteiger partial charge in [-0.25, -0.2) is 4.79 Å².